The minimum Gasteiger partial charge on any atom is -0.380 e. The number of benzene rings is 1. The highest BCUT2D eigenvalue weighted by Gasteiger charge is 2.18. The van der Waals surface area contributed by atoms with E-state index in [4.69, 9.17) is 9.72 Å². The van der Waals surface area contributed by atoms with Gasteiger partial charge < -0.3 is 10.1 Å². The maximum absolute atomic E-state index is 5.52. The molecule has 2 atom stereocenters. The van der Waals surface area contributed by atoms with Gasteiger partial charge in [-0.3, -0.25) is 4.98 Å². The standard InChI is InChI=1S/C16H22N2O/c1-4-16(19-3)15(17-2)11-13-10-9-12-7-5-6-8-14(12)18-13/h5-10,15-17H,4,11H2,1-3H3. The van der Waals surface area contributed by atoms with Gasteiger partial charge in [0.15, 0.2) is 0 Å². The lowest BCUT2D eigenvalue weighted by Crippen LogP contribution is -2.40. The van der Waals surface area contributed by atoms with Crippen LogP contribution in [0.25, 0.3) is 10.9 Å². The number of rotatable bonds is 6. The quantitative estimate of drug-likeness (QED) is 0.865. The zero-order chi connectivity index (χ0) is 13.7. The van der Waals surface area contributed by atoms with Gasteiger partial charge in [0.2, 0.25) is 0 Å². The monoisotopic (exact) mass is 258 g/mol. The Labute approximate surface area is 115 Å². The number of nitrogens with one attached hydrogen (secondary N) is 1. The minimum atomic E-state index is 0.221. The van der Waals surface area contributed by atoms with Gasteiger partial charge in [-0.05, 0) is 25.6 Å². The van der Waals surface area contributed by atoms with E-state index in [1.165, 1.54) is 5.39 Å². The first-order chi connectivity index (χ1) is 9.28. The van der Waals surface area contributed by atoms with Gasteiger partial charge in [0.1, 0.15) is 0 Å². The van der Waals surface area contributed by atoms with Crippen molar-refractivity contribution >= 4 is 10.9 Å². The Hall–Kier alpha value is -1.45. The molecule has 0 radical (unpaired) electrons. The molecule has 1 aromatic heterocycles. The Morgan fingerprint density at radius 3 is 2.68 bits per heavy atom. The van der Waals surface area contributed by atoms with Gasteiger partial charge in [0.05, 0.1) is 11.6 Å². The number of methoxy groups -OCH3 is 1. The molecule has 2 aromatic rings. The van der Waals surface area contributed by atoms with Gasteiger partial charge in [-0.15, -0.1) is 0 Å². The number of hydrogen-bond donors (Lipinski definition) is 1. The number of fused-ring (bicyclic) bond motifs is 1. The minimum absolute atomic E-state index is 0.221. The first-order valence-electron chi connectivity index (χ1n) is 6.83. The highest BCUT2D eigenvalue weighted by atomic mass is 16.5. The van der Waals surface area contributed by atoms with Crippen LogP contribution < -0.4 is 5.32 Å². The van der Waals surface area contributed by atoms with Gasteiger partial charge >= 0.3 is 0 Å². The van der Waals surface area contributed by atoms with Crippen LogP contribution in [0.3, 0.4) is 0 Å². The maximum Gasteiger partial charge on any atom is 0.0725 e. The average Bonchev–Trinajstić information content (AvgIpc) is 2.47. The molecular formula is C16H22N2O. The van der Waals surface area contributed by atoms with Crippen LogP contribution in [0, 0.1) is 0 Å². The second kappa shape index (κ2) is 6.64. The fourth-order valence-corrected chi connectivity index (χ4v) is 2.48. The van der Waals surface area contributed by atoms with Crippen molar-refractivity contribution in [1.82, 2.24) is 10.3 Å². The van der Waals surface area contributed by atoms with E-state index in [0.717, 1.165) is 24.1 Å². The van der Waals surface area contributed by atoms with E-state index in [2.05, 4.69) is 36.5 Å². The van der Waals surface area contributed by atoms with Crippen LogP contribution in [0.4, 0.5) is 0 Å². The van der Waals surface area contributed by atoms with E-state index in [0.29, 0.717) is 6.04 Å². The summed E-state index contributed by atoms with van der Waals surface area (Å²) < 4.78 is 5.52. The Morgan fingerprint density at radius 1 is 1.21 bits per heavy atom. The Bertz CT molecular complexity index is 523. The molecule has 2 rings (SSSR count). The molecule has 1 N–H and O–H groups in total. The Balaban J connectivity index is 2.19. The summed E-state index contributed by atoms with van der Waals surface area (Å²) in [5.74, 6) is 0. The van der Waals surface area contributed by atoms with Gasteiger partial charge in [-0.25, -0.2) is 0 Å². The summed E-state index contributed by atoms with van der Waals surface area (Å²) in [6, 6.07) is 12.7. The summed E-state index contributed by atoms with van der Waals surface area (Å²) in [6.07, 6.45) is 2.10. The third-order valence-electron chi connectivity index (χ3n) is 3.61. The first kappa shape index (κ1) is 14.0. The molecule has 0 amide bonds. The second-order valence-electron chi connectivity index (χ2n) is 4.78. The van der Waals surface area contributed by atoms with Gasteiger partial charge in [0.25, 0.3) is 0 Å². The normalized spacial score (nSPS) is 14.5. The van der Waals surface area contributed by atoms with Crippen LogP contribution >= 0.6 is 0 Å². The van der Waals surface area contributed by atoms with Crippen LogP contribution in [-0.2, 0) is 11.2 Å². The zero-order valence-corrected chi connectivity index (χ0v) is 11.9. The van der Waals surface area contributed by atoms with E-state index in [-0.39, 0.29) is 6.10 Å². The highest BCUT2D eigenvalue weighted by Crippen LogP contribution is 2.14. The fourth-order valence-electron chi connectivity index (χ4n) is 2.48. The molecule has 3 nitrogen and oxygen atoms in total. The van der Waals surface area contributed by atoms with Crippen molar-refractivity contribution in [1.29, 1.82) is 0 Å². The second-order valence-corrected chi connectivity index (χ2v) is 4.78. The van der Waals surface area contributed by atoms with Crippen molar-refractivity contribution < 1.29 is 4.74 Å². The number of likely N-dealkylation sites (N-methyl/N-ethyl adjacent to an activating group) is 1. The molecule has 0 aliphatic carbocycles. The van der Waals surface area contributed by atoms with Crippen molar-refractivity contribution in [3.63, 3.8) is 0 Å². The molecule has 1 heterocycles. The Morgan fingerprint density at radius 2 is 2.00 bits per heavy atom. The summed E-state index contributed by atoms with van der Waals surface area (Å²) in [5.41, 5.74) is 2.16. The molecule has 0 saturated carbocycles. The Kier molecular flexibility index (Phi) is 4.88. The van der Waals surface area contributed by atoms with Crippen molar-refractivity contribution in [2.75, 3.05) is 14.2 Å². The highest BCUT2D eigenvalue weighted by molar-refractivity contribution is 5.78. The number of nitrogens with zero attached hydrogens (tertiary/aromatic N) is 1. The largest absolute Gasteiger partial charge is 0.380 e. The van der Waals surface area contributed by atoms with Crippen molar-refractivity contribution in [2.45, 2.75) is 31.9 Å². The van der Waals surface area contributed by atoms with Gasteiger partial charge in [-0.1, -0.05) is 31.2 Å². The van der Waals surface area contributed by atoms with Gasteiger partial charge in [0, 0.05) is 30.7 Å². The lowest BCUT2D eigenvalue weighted by Gasteiger charge is -2.24. The predicted molar refractivity (Wildman–Crippen MR) is 79.4 cm³/mol. The van der Waals surface area contributed by atoms with Gasteiger partial charge in [-0.2, -0.15) is 0 Å². The number of aromatic nitrogens is 1. The lowest BCUT2D eigenvalue weighted by atomic mass is 10.0. The summed E-state index contributed by atoms with van der Waals surface area (Å²) >= 11 is 0. The summed E-state index contributed by atoms with van der Waals surface area (Å²) in [4.78, 5) is 4.72. The summed E-state index contributed by atoms with van der Waals surface area (Å²) in [6.45, 7) is 2.15. The zero-order valence-electron chi connectivity index (χ0n) is 11.9. The first-order valence-corrected chi connectivity index (χ1v) is 6.83. The molecule has 2 unspecified atom stereocenters. The smallest absolute Gasteiger partial charge is 0.0725 e. The topological polar surface area (TPSA) is 34.1 Å². The van der Waals surface area contributed by atoms with E-state index in [1.54, 1.807) is 7.11 Å². The molecule has 3 heteroatoms. The number of ether oxygens (including phenoxy) is 1. The van der Waals surface area contributed by atoms with E-state index in [1.807, 2.05) is 19.2 Å². The maximum atomic E-state index is 5.52. The molecule has 0 saturated heterocycles. The number of pyridine rings is 1. The lowest BCUT2D eigenvalue weighted by molar-refractivity contribution is 0.0675. The van der Waals surface area contributed by atoms with Crippen LogP contribution in [-0.4, -0.2) is 31.3 Å². The van der Waals surface area contributed by atoms with Crippen LogP contribution in [0.1, 0.15) is 19.0 Å². The van der Waals surface area contributed by atoms with Crippen LogP contribution in [0.5, 0.6) is 0 Å². The number of para-hydroxylation sites is 1. The van der Waals surface area contributed by atoms with Crippen molar-refractivity contribution in [3.05, 3.63) is 42.1 Å². The molecule has 19 heavy (non-hydrogen) atoms. The van der Waals surface area contributed by atoms with E-state index >= 15 is 0 Å². The predicted octanol–water partition coefficient (Wildman–Crippen LogP) is 2.79. The molecule has 0 spiro atoms. The fraction of sp³-hybridized carbons (Fsp3) is 0.438. The van der Waals surface area contributed by atoms with E-state index < -0.39 is 0 Å². The molecule has 1 aromatic carbocycles. The van der Waals surface area contributed by atoms with E-state index in [9.17, 15) is 0 Å². The number of hydrogen-bond acceptors (Lipinski definition) is 3. The molecule has 0 aliphatic rings. The summed E-state index contributed by atoms with van der Waals surface area (Å²) in [7, 11) is 3.75. The van der Waals surface area contributed by atoms with Crippen LogP contribution in [0.15, 0.2) is 36.4 Å². The third kappa shape index (κ3) is 3.31. The third-order valence-corrected chi connectivity index (χ3v) is 3.61. The molecule has 0 aliphatic heterocycles. The summed E-state index contributed by atoms with van der Waals surface area (Å²) in [5, 5.41) is 4.52. The van der Waals surface area contributed by atoms with Crippen molar-refractivity contribution in [3.8, 4) is 0 Å². The molecule has 0 fully saturated rings. The van der Waals surface area contributed by atoms with Crippen LogP contribution in [0.2, 0.25) is 0 Å². The SMILES string of the molecule is CCC(OC)C(Cc1ccc2ccccc2n1)NC. The molecule has 102 valence electrons. The molecule has 0 bridgehead atoms. The van der Waals surface area contributed by atoms with Crippen molar-refractivity contribution in [2.24, 2.45) is 0 Å². The molecular weight excluding hydrogens is 236 g/mol. The average molecular weight is 258 g/mol.